The van der Waals surface area contributed by atoms with E-state index in [9.17, 15) is 9.59 Å². The Morgan fingerprint density at radius 1 is 1.06 bits per heavy atom. The van der Waals surface area contributed by atoms with Crippen molar-refractivity contribution in [1.82, 2.24) is 10.6 Å². The molecule has 2 aromatic rings. The summed E-state index contributed by atoms with van der Waals surface area (Å²) in [4.78, 5) is 25.2. The second-order valence-corrected chi connectivity index (χ2v) is 9.88. The van der Waals surface area contributed by atoms with E-state index in [1.807, 2.05) is 13.0 Å². The molecule has 3 rings (SSSR count). The van der Waals surface area contributed by atoms with Crippen molar-refractivity contribution in [1.29, 1.82) is 0 Å². The van der Waals surface area contributed by atoms with Crippen molar-refractivity contribution in [3.63, 3.8) is 0 Å². The Morgan fingerprint density at radius 3 is 2.31 bits per heavy atom. The molecule has 0 saturated carbocycles. The van der Waals surface area contributed by atoms with Crippen molar-refractivity contribution in [3.8, 4) is 11.5 Å². The first-order valence-corrected chi connectivity index (χ1v) is 11.9. The van der Waals surface area contributed by atoms with Crippen LogP contribution < -0.4 is 20.1 Å². The highest BCUT2D eigenvalue weighted by Gasteiger charge is 2.34. The van der Waals surface area contributed by atoms with Crippen LogP contribution in [0.2, 0.25) is 0 Å². The third-order valence-electron chi connectivity index (χ3n) is 5.81. The average molecular weight is 481 g/mol. The van der Waals surface area contributed by atoms with Crippen LogP contribution in [0.3, 0.4) is 0 Å². The molecular formula is C28H36N2O5. The zero-order chi connectivity index (χ0) is 25.8. The van der Waals surface area contributed by atoms with Gasteiger partial charge in [-0.2, -0.15) is 0 Å². The standard InChI is InChI=1S/C28H36N2O5/c1-8-21-24(26(31)35-17(2)3)25(30-27(32)29-21)19-11-14-22(23(15-19)33-7)34-16-18-9-12-20(13-10-18)28(4,5)6/h9-15,17,25H,8,16H2,1-7H3,(H2,29,30,32). The predicted molar refractivity (Wildman–Crippen MR) is 135 cm³/mol. The van der Waals surface area contributed by atoms with Crippen molar-refractivity contribution < 1.29 is 23.8 Å². The van der Waals surface area contributed by atoms with E-state index in [4.69, 9.17) is 14.2 Å². The molecule has 7 heteroatoms. The molecule has 0 spiro atoms. The molecule has 0 aromatic heterocycles. The molecule has 2 aromatic carbocycles. The van der Waals surface area contributed by atoms with Gasteiger partial charge < -0.3 is 24.8 Å². The van der Waals surface area contributed by atoms with E-state index in [0.29, 0.717) is 41.4 Å². The van der Waals surface area contributed by atoms with Crippen molar-refractivity contribution in [2.45, 2.75) is 72.1 Å². The van der Waals surface area contributed by atoms with E-state index in [1.54, 1.807) is 33.1 Å². The Hall–Kier alpha value is -3.48. The van der Waals surface area contributed by atoms with Crippen LogP contribution >= 0.6 is 0 Å². The molecule has 0 fully saturated rings. The minimum atomic E-state index is -0.669. The fourth-order valence-corrected chi connectivity index (χ4v) is 3.91. The zero-order valence-corrected chi connectivity index (χ0v) is 21.7. The largest absolute Gasteiger partial charge is 0.493 e. The van der Waals surface area contributed by atoms with Gasteiger partial charge in [0.25, 0.3) is 0 Å². The van der Waals surface area contributed by atoms with Gasteiger partial charge in [-0.05, 0) is 54.5 Å². The summed E-state index contributed by atoms with van der Waals surface area (Å²) in [7, 11) is 1.56. The maximum atomic E-state index is 12.9. The minimum Gasteiger partial charge on any atom is -0.493 e. The third-order valence-corrected chi connectivity index (χ3v) is 5.81. The first-order chi connectivity index (χ1) is 16.5. The van der Waals surface area contributed by atoms with E-state index < -0.39 is 12.0 Å². The van der Waals surface area contributed by atoms with Gasteiger partial charge >= 0.3 is 12.0 Å². The number of rotatable bonds is 8. The zero-order valence-electron chi connectivity index (χ0n) is 21.7. The summed E-state index contributed by atoms with van der Waals surface area (Å²) in [6.45, 7) is 12.4. The van der Waals surface area contributed by atoms with Crippen LogP contribution in [0, 0.1) is 0 Å². The molecule has 2 N–H and O–H groups in total. The number of carbonyl (C=O) groups is 2. The van der Waals surface area contributed by atoms with Gasteiger partial charge in [0.1, 0.15) is 6.61 Å². The van der Waals surface area contributed by atoms with Gasteiger partial charge in [0.15, 0.2) is 11.5 Å². The SMILES string of the molecule is CCC1=C(C(=O)OC(C)C)C(c2ccc(OCc3ccc(C(C)(C)C)cc3)c(OC)c2)NC(=O)N1. The number of amides is 2. The van der Waals surface area contributed by atoms with E-state index in [-0.39, 0.29) is 17.6 Å². The highest BCUT2D eigenvalue weighted by Crippen LogP contribution is 2.35. The Balaban J connectivity index is 1.85. The molecular weight excluding hydrogens is 444 g/mol. The quantitative estimate of drug-likeness (QED) is 0.485. The van der Waals surface area contributed by atoms with Crippen LogP contribution in [0.5, 0.6) is 11.5 Å². The van der Waals surface area contributed by atoms with E-state index in [2.05, 4.69) is 55.7 Å². The van der Waals surface area contributed by atoms with Gasteiger partial charge in [-0.1, -0.05) is 58.0 Å². The fraction of sp³-hybridized carbons (Fsp3) is 0.429. The Bertz CT molecular complexity index is 1100. The van der Waals surface area contributed by atoms with Gasteiger partial charge in [-0.15, -0.1) is 0 Å². The highest BCUT2D eigenvalue weighted by molar-refractivity contribution is 5.95. The van der Waals surface area contributed by atoms with Crippen LogP contribution in [0.4, 0.5) is 4.79 Å². The first kappa shape index (κ1) is 26.1. The lowest BCUT2D eigenvalue weighted by Crippen LogP contribution is -2.46. The molecule has 0 saturated heterocycles. The van der Waals surface area contributed by atoms with E-state index in [0.717, 1.165) is 5.56 Å². The van der Waals surface area contributed by atoms with Gasteiger partial charge in [-0.25, -0.2) is 9.59 Å². The molecule has 1 heterocycles. The number of nitrogens with one attached hydrogen (secondary N) is 2. The second kappa shape index (κ2) is 10.8. The first-order valence-electron chi connectivity index (χ1n) is 11.9. The topological polar surface area (TPSA) is 85.9 Å². The summed E-state index contributed by atoms with van der Waals surface area (Å²) in [5, 5.41) is 5.58. The number of hydrogen-bond acceptors (Lipinski definition) is 5. The molecule has 0 radical (unpaired) electrons. The van der Waals surface area contributed by atoms with Gasteiger partial charge in [0.2, 0.25) is 0 Å². The molecule has 0 aliphatic carbocycles. The maximum absolute atomic E-state index is 12.9. The van der Waals surface area contributed by atoms with Crippen LogP contribution in [-0.4, -0.2) is 25.2 Å². The molecule has 1 aliphatic rings. The molecule has 1 unspecified atom stereocenters. The number of allylic oxidation sites excluding steroid dienone is 1. The van der Waals surface area contributed by atoms with Gasteiger partial charge in [0, 0.05) is 5.70 Å². The summed E-state index contributed by atoms with van der Waals surface area (Å²) >= 11 is 0. The maximum Gasteiger partial charge on any atom is 0.338 e. The molecule has 188 valence electrons. The van der Waals surface area contributed by atoms with E-state index in [1.165, 1.54) is 5.56 Å². The summed E-state index contributed by atoms with van der Waals surface area (Å²) in [6.07, 6.45) is 0.202. The van der Waals surface area contributed by atoms with Crippen molar-refractivity contribution in [2.75, 3.05) is 7.11 Å². The Morgan fingerprint density at radius 2 is 1.74 bits per heavy atom. The Kier molecular flexibility index (Phi) is 8.10. The summed E-state index contributed by atoms with van der Waals surface area (Å²) < 4.78 is 17.1. The molecule has 0 bridgehead atoms. The Labute approximate surface area is 207 Å². The van der Waals surface area contributed by atoms with Crippen LogP contribution in [0.15, 0.2) is 53.7 Å². The summed E-state index contributed by atoms with van der Waals surface area (Å²) in [6, 6.07) is 12.7. The van der Waals surface area contributed by atoms with E-state index >= 15 is 0 Å². The van der Waals surface area contributed by atoms with Crippen molar-refractivity contribution >= 4 is 12.0 Å². The smallest absolute Gasteiger partial charge is 0.338 e. The number of methoxy groups -OCH3 is 1. The fourth-order valence-electron chi connectivity index (χ4n) is 3.91. The summed E-state index contributed by atoms with van der Waals surface area (Å²) in [5.41, 5.74) is 4.02. The normalized spacial score (nSPS) is 16.0. The molecule has 1 aliphatic heterocycles. The number of hydrogen-bond donors (Lipinski definition) is 2. The predicted octanol–water partition coefficient (Wildman–Crippen LogP) is 5.54. The lowest BCUT2D eigenvalue weighted by molar-refractivity contribution is -0.143. The number of benzene rings is 2. The third kappa shape index (κ3) is 6.35. The van der Waals surface area contributed by atoms with Crippen LogP contribution in [0.25, 0.3) is 0 Å². The van der Waals surface area contributed by atoms with Gasteiger partial charge in [-0.3, -0.25) is 0 Å². The highest BCUT2D eigenvalue weighted by atomic mass is 16.5. The van der Waals surface area contributed by atoms with Crippen LogP contribution in [0.1, 0.15) is 70.7 Å². The number of carbonyl (C=O) groups excluding carboxylic acids is 2. The summed E-state index contributed by atoms with van der Waals surface area (Å²) in [5.74, 6) is 0.617. The van der Waals surface area contributed by atoms with Crippen LogP contribution in [-0.2, 0) is 21.6 Å². The number of ether oxygens (including phenoxy) is 3. The lowest BCUT2D eigenvalue weighted by Gasteiger charge is -2.30. The monoisotopic (exact) mass is 480 g/mol. The van der Waals surface area contributed by atoms with Crippen molar-refractivity contribution in [3.05, 3.63) is 70.4 Å². The van der Waals surface area contributed by atoms with Crippen molar-refractivity contribution in [2.24, 2.45) is 0 Å². The molecule has 1 atom stereocenters. The second-order valence-electron chi connectivity index (χ2n) is 9.88. The lowest BCUT2D eigenvalue weighted by atomic mass is 9.87. The molecule has 2 amide bonds. The van der Waals surface area contributed by atoms with Gasteiger partial charge in [0.05, 0.1) is 24.8 Å². The molecule has 7 nitrogen and oxygen atoms in total. The minimum absolute atomic E-state index is 0.0923. The number of esters is 1. The average Bonchev–Trinajstić information content (AvgIpc) is 2.81. The molecule has 35 heavy (non-hydrogen) atoms. The number of urea groups is 1.